The molecule has 7 nitrogen and oxygen atoms in total. The summed E-state index contributed by atoms with van der Waals surface area (Å²) in [5.41, 5.74) is -0.496. The lowest BCUT2D eigenvalue weighted by molar-refractivity contribution is -0.253. The molecule has 19 heavy (non-hydrogen) atoms. The Morgan fingerprint density at radius 2 is 2.37 bits per heavy atom. The summed E-state index contributed by atoms with van der Waals surface area (Å²) < 4.78 is 12.4. The molecule has 0 saturated carbocycles. The maximum absolute atomic E-state index is 11.8. The van der Waals surface area contributed by atoms with Crippen molar-refractivity contribution >= 4 is 0 Å². The molecule has 1 aliphatic rings. The molecular weight excluding hydrogens is 252 g/mol. The van der Waals surface area contributed by atoms with E-state index in [1.807, 2.05) is 6.92 Å². The van der Waals surface area contributed by atoms with E-state index in [9.17, 15) is 14.7 Å². The highest BCUT2D eigenvalue weighted by Gasteiger charge is 2.41. The first-order chi connectivity index (χ1) is 9.01. The molecule has 1 aromatic heterocycles. The molecule has 1 aromatic rings. The molecule has 1 aliphatic heterocycles. The zero-order valence-corrected chi connectivity index (χ0v) is 11.0. The van der Waals surface area contributed by atoms with Crippen molar-refractivity contribution in [1.82, 2.24) is 9.55 Å². The van der Waals surface area contributed by atoms with Crippen LogP contribution in [0.15, 0.2) is 15.8 Å². The number of H-pyrrole nitrogens is 1. The van der Waals surface area contributed by atoms with E-state index in [1.54, 1.807) is 6.92 Å². The van der Waals surface area contributed by atoms with Crippen molar-refractivity contribution in [2.45, 2.75) is 38.7 Å². The lowest BCUT2D eigenvalue weighted by atomic mass is 10.2. The second-order valence-electron chi connectivity index (χ2n) is 4.59. The first-order valence-corrected chi connectivity index (χ1v) is 6.26. The van der Waals surface area contributed by atoms with E-state index in [2.05, 4.69) is 4.98 Å². The average molecular weight is 270 g/mol. The zero-order valence-electron chi connectivity index (χ0n) is 11.0. The van der Waals surface area contributed by atoms with Gasteiger partial charge in [-0.1, -0.05) is 0 Å². The van der Waals surface area contributed by atoms with Crippen molar-refractivity contribution in [3.05, 3.63) is 32.6 Å². The van der Waals surface area contributed by atoms with Gasteiger partial charge in [0.25, 0.3) is 5.56 Å². The maximum Gasteiger partial charge on any atom is 0.330 e. The van der Waals surface area contributed by atoms with Crippen LogP contribution < -0.4 is 11.2 Å². The Bertz CT molecular complexity index is 564. The van der Waals surface area contributed by atoms with E-state index >= 15 is 0 Å². The van der Waals surface area contributed by atoms with E-state index < -0.39 is 23.3 Å². The molecule has 1 saturated heterocycles. The van der Waals surface area contributed by atoms with Crippen LogP contribution in [0.2, 0.25) is 0 Å². The van der Waals surface area contributed by atoms with Gasteiger partial charge in [0.1, 0.15) is 6.23 Å². The molecule has 7 heteroatoms. The smallest absolute Gasteiger partial charge is 0.330 e. The molecule has 2 atom stereocenters. The third-order valence-corrected chi connectivity index (χ3v) is 3.23. The second-order valence-corrected chi connectivity index (χ2v) is 4.59. The number of nitrogens with one attached hydrogen (secondary N) is 1. The molecule has 0 aromatic carbocycles. The highest BCUT2D eigenvalue weighted by molar-refractivity contribution is 5.01. The number of aromatic nitrogens is 2. The quantitative estimate of drug-likeness (QED) is 0.795. The van der Waals surface area contributed by atoms with Gasteiger partial charge >= 0.3 is 5.69 Å². The van der Waals surface area contributed by atoms with Gasteiger partial charge in [-0.15, -0.1) is 0 Å². The SMILES string of the molecule is CCO[C@@]1(CO)CC[C@H](n2cc(C)c(=O)[nH]c2=O)O1. The van der Waals surface area contributed by atoms with Crippen molar-refractivity contribution in [2.75, 3.05) is 13.2 Å². The van der Waals surface area contributed by atoms with Crippen LogP contribution in [0, 0.1) is 6.92 Å². The summed E-state index contributed by atoms with van der Waals surface area (Å²) in [5.74, 6) is -1.05. The van der Waals surface area contributed by atoms with Crippen LogP contribution in [-0.4, -0.2) is 33.7 Å². The van der Waals surface area contributed by atoms with Crippen molar-refractivity contribution in [1.29, 1.82) is 0 Å². The molecule has 0 unspecified atom stereocenters. The topological polar surface area (TPSA) is 93.5 Å². The van der Waals surface area contributed by atoms with Crippen molar-refractivity contribution in [3.63, 3.8) is 0 Å². The lowest BCUT2D eigenvalue weighted by Gasteiger charge is -2.27. The molecule has 2 rings (SSSR count). The highest BCUT2D eigenvalue weighted by Crippen LogP contribution is 2.36. The van der Waals surface area contributed by atoms with Crippen LogP contribution in [0.4, 0.5) is 0 Å². The Balaban J connectivity index is 2.28. The van der Waals surface area contributed by atoms with E-state index in [0.717, 1.165) is 0 Å². The predicted octanol–water partition coefficient (Wildman–Crippen LogP) is -0.121. The van der Waals surface area contributed by atoms with Gasteiger partial charge in [-0.05, 0) is 20.3 Å². The van der Waals surface area contributed by atoms with Crippen LogP contribution in [0.25, 0.3) is 0 Å². The minimum Gasteiger partial charge on any atom is -0.391 e. The van der Waals surface area contributed by atoms with Crippen molar-refractivity contribution < 1.29 is 14.6 Å². The summed E-state index contributed by atoms with van der Waals surface area (Å²) >= 11 is 0. The Hall–Kier alpha value is -1.44. The third-order valence-electron chi connectivity index (χ3n) is 3.23. The second kappa shape index (κ2) is 5.28. The van der Waals surface area contributed by atoms with Crippen LogP contribution in [0.5, 0.6) is 0 Å². The van der Waals surface area contributed by atoms with Gasteiger partial charge in [-0.2, -0.15) is 0 Å². The Kier molecular flexibility index (Phi) is 3.88. The fourth-order valence-electron chi connectivity index (χ4n) is 2.24. The molecule has 0 radical (unpaired) electrons. The van der Waals surface area contributed by atoms with Crippen LogP contribution in [0.3, 0.4) is 0 Å². The van der Waals surface area contributed by atoms with Gasteiger partial charge in [0.2, 0.25) is 0 Å². The monoisotopic (exact) mass is 270 g/mol. The summed E-state index contributed by atoms with van der Waals surface area (Å²) in [6.45, 7) is 3.57. The largest absolute Gasteiger partial charge is 0.391 e. The number of aliphatic hydroxyl groups excluding tert-OH is 1. The Morgan fingerprint density at radius 1 is 1.63 bits per heavy atom. The first kappa shape index (κ1) is 14.0. The number of aliphatic hydroxyl groups is 1. The van der Waals surface area contributed by atoms with E-state index in [1.165, 1.54) is 10.8 Å². The summed E-state index contributed by atoms with van der Waals surface area (Å²) in [6, 6.07) is 0. The molecule has 106 valence electrons. The normalized spacial score (nSPS) is 26.8. The average Bonchev–Trinajstić information content (AvgIpc) is 2.79. The standard InChI is InChI=1S/C12H18N2O5/c1-3-18-12(7-15)5-4-9(19-12)14-6-8(2)10(16)13-11(14)17/h6,9,15H,3-5,7H2,1-2H3,(H,13,16,17)/t9-,12+/m1/s1. The van der Waals surface area contributed by atoms with Gasteiger partial charge in [0.05, 0.1) is 6.61 Å². The van der Waals surface area contributed by atoms with Crippen LogP contribution in [0.1, 0.15) is 31.6 Å². The summed E-state index contributed by atoms with van der Waals surface area (Å²) in [4.78, 5) is 25.3. The fraction of sp³-hybridized carbons (Fsp3) is 0.667. The molecular formula is C12H18N2O5. The molecule has 2 N–H and O–H groups in total. The molecule has 2 heterocycles. The number of hydrogen-bond acceptors (Lipinski definition) is 5. The highest BCUT2D eigenvalue weighted by atomic mass is 16.7. The van der Waals surface area contributed by atoms with Gasteiger partial charge in [-0.3, -0.25) is 14.3 Å². The van der Waals surface area contributed by atoms with Gasteiger partial charge < -0.3 is 14.6 Å². The number of nitrogens with zero attached hydrogens (tertiary/aromatic N) is 1. The van der Waals surface area contributed by atoms with Crippen molar-refractivity contribution in [3.8, 4) is 0 Å². The lowest BCUT2D eigenvalue weighted by Crippen LogP contribution is -2.38. The number of rotatable bonds is 4. The predicted molar refractivity (Wildman–Crippen MR) is 66.9 cm³/mol. The molecule has 0 spiro atoms. The molecule has 1 fully saturated rings. The Morgan fingerprint density at radius 3 is 3.00 bits per heavy atom. The number of aromatic amines is 1. The summed E-state index contributed by atoms with van der Waals surface area (Å²) in [7, 11) is 0. The summed E-state index contributed by atoms with van der Waals surface area (Å²) in [6.07, 6.45) is 1.95. The zero-order chi connectivity index (χ0) is 14.0. The molecule has 0 aliphatic carbocycles. The number of hydrogen-bond donors (Lipinski definition) is 2. The van der Waals surface area contributed by atoms with E-state index in [4.69, 9.17) is 9.47 Å². The van der Waals surface area contributed by atoms with E-state index in [0.29, 0.717) is 25.0 Å². The molecule has 0 bridgehead atoms. The van der Waals surface area contributed by atoms with Gasteiger partial charge in [0.15, 0.2) is 5.79 Å². The van der Waals surface area contributed by atoms with Gasteiger partial charge in [-0.25, -0.2) is 4.79 Å². The Labute approximate surface area is 109 Å². The summed E-state index contributed by atoms with van der Waals surface area (Å²) in [5, 5.41) is 9.39. The third kappa shape index (κ3) is 2.63. The van der Waals surface area contributed by atoms with Crippen molar-refractivity contribution in [2.24, 2.45) is 0 Å². The number of ether oxygens (including phenoxy) is 2. The molecule has 0 amide bonds. The minimum atomic E-state index is -1.05. The van der Waals surface area contributed by atoms with E-state index in [-0.39, 0.29) is 6.61 Å². The van der Waals surface area contributed by atoms with Crippen LogP contribution in [-0.2, 0) is 9.47 Å². The maximum atomic E-state index is 11.8. The van der Waals surface area contributed by atoms with Crippen LogP contribution >= 0.6 is 0 Å². The van der Waals surface area contributed by atoms with Gasteiger partial charge in [0, 0.05) is 24.8 Å². The minimum absolute atomic E-state index is 0.269. The first-order valence-electron chi connectivity index (χ1n) is 6.26. The fourth-order valence-corrected chi connectivity index (χ4v) is 2.24. The number of aryl methyl sites for hydroxylation is 1.